The smallest absolute Gasteiger partial charge is 0.234 e. The van der Waals surface area contributed by atoms with Gasteiger partial charge in [-0.2, -0.15) is 0 Å². The summed E-state index contributed by atoms with van der Waals surface area (Å²) < 4.78 is 5.05. The molecule has 2 heteroatoms. The Morgan fingerprint density at radius 2 is 1.39 bits per heavy atom. The van der Waals surface area contributed by atoms with Crippen molar-refractivity contribution >= 4 is 0 Å². The van der Waals surface area contributed by atoms with Gasteiger partial charge < -0.3 is 0 Å². The van der Waals surface area contributed by atoms with Crippen LogP contribution in [0.2, 0.25) is 0 Å². The molecule has 2 rings (SSSR count). The quantitative estimate of drug-likeness (QED) is 0.220. The van der Waals surface area contributed by atoms with Gasteiger partial charge in [-0.05, 0) is 37.7 Å². The number of aromatic nitrogens is 2. The maximum atomic E-state index is 2.54. The van der Waals surface area contributed by atoms with E-state index in [2.05, 4.69) is 65.7 Å². The summed E-state index contributed by atoms with van der Waals surface area (Å²) in [5.74, 6) is 1.54. The molecule has 1 heterocycles. The normalized spacial score (nSPS) is 11.2. The molecule has 0 saturated carbocycles. The number of unbranched alkanes of at least 4 members (excludes halogenated alkanes) is 8. The zero-order valence-electron chi connectivity index (χ0n) is 18.5. The molecular formula is C26H43N2+. The third-order valence-corrected chi connectivity index (χ3v) is 5.80. The summed E-state index contributed by atoms with van der Waals surface area (Å²) in [7, 11) is 0. The molecule has 0 aliphatic rings. The van der Waals surface area contributed by atoms with Crippen LogP contribution in [0, 0.1) is 0 Å². The van der Waals surface area contributed by atoms with E-state index < -0.39 is 0 Å². The molecular weight excluding hydrogens is 340 g/mol. The van der Waals surface area contributed by atoms with Crippen molar-refractivity contribution in [1.82, 2.24) is 4.57 Å². The summed E-state index contributed by atoms with van der Waals surface area (Å²) in [4.78, 5) is 0. The van der Waals surface area contributed by atoms with Gasteiger partial charge in [-0.15, -0.1) is 0 Å². The predicted octanol–water partition coefficient (Wildman–Crippen LogP) is 6.89. The van der Waals surface area contributed by atoms with Gasteiger partial charge in [0.15, 0.2) is 0 Å². The van der Waals surface area contributed by atoms with Crippen LogP contribution in [-0.2, 0) is 25.9 Å². The fourth-order valence-corrected chi connectivity index (χ4v) is 4.04. The van der Waals surface area contributed by atoms with Crippen molar-refractivity contribution in [3.8, 4) is 0 Å². The number of imidazole rings is 1. The van der Waals surface area contributed by atoms with Crippen molar-refractivity contribution in [2.24, 2.45) is 0 Å². The second kappa shape index (κ2) is 14.4. The molecule has 0 spiro atoms. The molecule has 0 bridgehead atoms. The summed E-state index contributed by atoms with van der Waals surface area (Å²) in [6.07, 6.45) is 22.0. The van der Waals surface area contributed by atoms with Crippen LogP contribution >= 0.6 is 0 Å². The molecule has 0 aliphatic heterocycles. The third kappa shape index (κ3) is 8.63. The van der Waals surface area contributed by atoms with Crippen LogP contribution in [0.3, 0.4) is 0 Å². The summed E-state index contributed by atoms with van der Waals surface area (Å²) in [5.41, 5.74) is 1.46. The van der Waals surface area contributed by atoms with Gasteiger partial charge in [0, 0.05) is 6.42 Å². The molecule has 0 atom stereocenters. The van der Waals surface area contributed by atoms with Gasteiger partial charge in [-0.25, -0.2) is 9.13 Å². The van der Waals surface area contributed by atoms with E-state index in [9.17, 15) is 0 Å². The van der Waals surface area contributed by atoms with Crippen LogP contribution < -0.4 is 4.57 Å². The largest absolute Gasteiger partial charge is 0.256 e. The van der Waals surface area contributed by atoms with E-state index in [1.165, 1.54) is 101 Å². The van der Waals surface area contributed by atoms with Gasteiger partial charge in [0.1, 0.15) is 12.4 Å². The lowest BCUT2D eigenvalue weighted by molar-refractivity contribution is -0.704. The third-order valence-electron chi connectivity index (χ3n) is 5.80. The Morgan fingerprint density at radius 1 is 0.714 bits per heavy atom. The molecule has 2 aromatic rings. The van der Waals surface area contributed by atoms with Gasteiger partial charge in [0.25, 0.3) is 5.82 Å². The van der Waals surface area contributed by atoms with Gasteiger partial charge in [-0.3, -0.25) is 0 Å². The standard InChI is InChI=1S/C26H43N2/c1-3-5-7-8-9-10-11-15-21-27-23-24-28(26(27)20-6-4-2)22-16-19-25-17-13-12-14-18-25/h12-14,17-18,23-24H,3-11,15-16,19-22H2,1-2H3/q+1. The number of benzene rings is 1. The van der Waals surface area contributed by atoms with Gasteiger partial charge in [0.05, 0.1) is 13.1 Å². The van der Waals surface area contributed by atoms with E-state index >= 15 is 0 Å². The van der Waals surface area contributed by atoms with Crippen LogP contribution in [0.25, 0.3) is 0 Å². The Labute approximate surface area is 174 Å². The summed E-state index contributed by atoms with van der Waals surface area (Å²) >= 11 is 0. The van der Waals surface area contributed by atoms with E-state index in [1.54, 1.807) is 0 Å². The molecule has 0 amide bonds. The van der Waals surface area contributed by atoms with E-state index in [0.29, 0.717) is 0 Å². The van der Waals surface area contributed by atoms with Gasteiger partial charge in [0.2, 0.25) is 0 Å². The average molecular weight is 384 g/mol. The highest BCUT2D eigenvalue weighted by Gasteiger charge is 2.16. The minimum Gasteiger partial charge on any atom is -0.234 e. The van der Waals surface area contributed by atoms with Crippen molar-refractivity contribution in [1.29, 1.82) is 0 Å². The first kappa shape index (κ1) is 22.7. The van der Waals surface area contributed by atoms with Crippen LogP contribution in [-0.4, -0.2) is 4.57 Å². The number of nitrogens with zero attached hydrogens (tertiary/aromatic N) is 2. The van der Waals surface area contributed by atoms with Crippen LogP contribution in [0.4, 0.5) is 0 Å². The first-order valence-electron chi connectivity index (χ1n) is 12.0. The van der Waals surface area contributed by atoms with Crippen LogP contribution in [0.5, 0.6) is 0 Å². The summed E-state index contributed by atoms with van der Waals surface area (Å²) in [6.45, 7) is 6.92. The minimum atomic E-state index is 1.14. The van der Waals surface area contributed by atoms with Crippen molar-refractivity contribution < 1.29 is 4.57 Å². The first-order valence-corrected chi connectivity index (χ1v) is 12.0. The molecule has 0 fully saturated rings. The molecule has 1 aromatic heterocycles. The highest BCUT2D eigenvalue weighted by molar-refractivity contribution is 5.14. The number of aryl methyl sites for hydroxylation is 3. The molecule has 0 N–H and O–H groups in total. The average Bonchev–Trinajstić information content (AvgIpc) is 3.11. The Morgan fingerprint density at radius 3 is 2.11 bits per heavy atom. The summed E-state index contributed by atoms with van der Waals surface area (Å²) in [5, 5.41) is 0. The zero-order valence-corrected chi connectivity index (χ0v) is 18.5. The topological polar surface area (TPSA) is 8.81 Å². The molecule has 0 saturated heterocycles. The zero-order chi connectivity index (χ0) is 19.9. The van der Waals surface area contributed by atoms with E-state index in [-0.39, 0.29) is 0 Å². The fraction of sp³-hybridized carbons (Fsp3) is 0.654. The van der Waals surface area contributed by atoms with Gasteiger partial charge in [-0.1, -0.05) is 89.1 Å². The van der Waals surface area contributed by atoms with Crippen molar-refractivity contribution in [3.63, 3.8) is 0 Å². The Bertz CT molecular complexity index is 615. The number of hydrogen-bond acceptors (Lipinski definition) is 0. The lowest BCUT2D eigenvalue weighted by atomic mass is 10.1. The first-order chi connectivity index (χ1) is 13.8. The Balaban J connectivity index is 1.76. The molecule has 0 radical (unpaired) electrons. The molecule has 0 unspecified atom stereocenters. The second-order valence-corrected chi connectivity index (χ2v) is 8.27. The maximum Gasteiger partial charge on any atom is 0.256 e. The van der Waals surface area contributed by atoms with Crippen LogP contribution in [0.1, 0.15) is 95.9 Å². The van der Waals surface area contributed by atoms with E-state index in [4.69, 9.17) is 0 Å². The number of hydrogen-bond donors (Lipinski definition) is 0. The molecule has 156 valence electrons. The SMILES string of the molecule is CCCCCCCCCCn1cc[n+](CCCc2ccccc2)c1CCCC. The summed E-state index contributed by atoms with van der Waals surface area (Å²) in [6, 6.07) is 10.9. The van der Waals surface area contributed by atoms with Crippen molar-refractivity contribution in [2.45, 2.75) is 110 Å². The number of rotatable bonds is 16. The highest BCUT2D eigenvalue weighted by atomic mass is 15.1. The molecule has 1 aromatic carbocycles. The Kier molecular flexibility index (Phi) is 11.7. The fourth-order valence-electron chi connectivity index (χ4n) is 4.04. The van der Waals surface area contributed by atoms with Crippen molar-refractivity contribution in [2.75, 3.05) is 0 Å². The van der Waals surface area contributed by atoms with E-state index in [1.807, 2.05) is 0 Å². The minimum absolute atomic E-state index is 1.14. The lowest BCUT2D eigenvalue weighted by Gasteiger charge is -2.06. The highest BCUT2D eigenvalue weighted by Crippen LogP contribution is 2.11. The predicted molar refractivity (Wildman–Crippen MR) is 121 cm³/mol. The Hall–Kier alpha value is -1.57. The maximum absolute atomic E-state index is 2.54. The second-order valence-electron chi connectivity index (χ2n) is 8.27. The van der Waals surface area contributed by atoms with Crippen LogP contribution in [0.15, 0.2) is 42.7 Å². The molecule has 0 aliphatic carbocycles. The molecule has 2 nitrogen and oxygen atoms in total. The van der Waals surface area contributed by atoms with E-state index in [0.717, 1.165) is 6.54 Å². The molecule has 28 heavy (non-hydrogen) atoms. The monoisotopic (exact) mass is 383 g/mol. The van der Waals surface area contributed by atoms with Crippen molar-refractivity contribution in [3.05, 3.63) is 54.1 Å². The lowest BCUT2D eigenvalue weighted by Crippen LogP contribution is -2.37. The van der Waals surface area contributed by atoms with Gasteiger partial charge >= 0.3 is 0 Å².